The molecule has 32 heavy (non-hydrogen) atoms. The second-order valence-electron chi connectivity index (χ2n) is 10.1. The number of benzene rings is 2. The SMILES string of the molecule is CCCCCc1cc2c(c(O)c1-c1nc3ccccc3[nH]1)C1C=C(C)CCC1C(C)(C)O2. The molecule has 2 unspecified atom stereocenters. The molecule has 0 bridgehead atoms. The first kappa shape index (κ1) is 21.1. The van der Waals surface area contributed by atoms with Gasteiger partial charge >= 0.3 is 0 Å². The van der Waals surface area contributed by atoms with E-state index in [-0.39, 0.29) is 11.5 Å². The number of H-pyrrole nitrogens is 1. The molecule has 0 fully saturated rings. The van der Waals surface area contributed by atoms with Gasteiger partial charge in [0.05, 0.1) is 16.6 Å². The summed E-state index contributed by atoms with van der Waals surface area (Å²) < 4.78 is 6.58. The summed E-state index contributed by atoms with van der Waals surface area (Å²) in [5, 5.41) is 11.8. The first-order valence-electron chi connectivity index (χ1n) is 12.1. The molecule has 4 heteroatoms. The van der Waals surface area contributed by atoms with Crippen molar-refractivity contribution in [2.75, 3.05) is 0 Å². The number of hydrogen-bond donors (Lipinski definition) is 2. The average molecular weight is 431 g/mol. The van der Waals surface area contributed by atoms with Gasteiger partial charge in [-0.15, -0.1) is 0 Å². The van der Waals surface area contributed by atoms with Crippen LogP contribution in [0.15, 0.2) is 42.0 Å². The van der Waals surface area contributed by atoms with Gasteiger partial charge in [-0.05, 0) is 70.2 Å². The van der Waals surface area contributed by atoms with Crippen molar-refractivity contribution in [2.45, 2.75) is 77.7 Å². The van der Waals surface area contributed by atoms with E-state index in [0.717, 1.165) is 77.8 Å². The number of allylic oxidation sites excluding steroid dienone is 2. The maximum atomic E-state index is 11.8. The Bertz CT molecular complexity index is 1150. The van der Waals surface area contributed by atoms with Gasteiger partial charge in [-0.25, -0.2) is 4.98 Å². The van der Waals surface area contributed by atoms with Crippen LogP contribution in [0.2, 0.25) is 0 Å². The van der Waals surface area contributed by atoms with E-state index in [0.29, 0.717) is 11.7 Å². The molecule has 1 aliphatic heterocycles. The second-order valence-corrected chi connectivity index (χ2v) is 10.1. The van der Waals surface area contributed by atoms with E-state index in [4.69, 9.17) is 9.72 Å². The molecule has 0 radical (unpaired) electrons. The number of imidazole rings is 1. The van der Waals surface area contributed by atoms with Gasteiger partial charge in [-0.1, -0.05) is 43.5 Å². The molecule has 2 N–H and O–H groups in total. The molecule has 2 aliphatic rings. The Morgan fingerprint density at radius 3 is 2.81 bits per heavy atom. The fraction of sp³-hybridized carbons (Fsp3) is 0.464. The number of phenols is 1. The lowest BCUT2D eigenvalue weighted by Crippen LogP contribution is -2.45. The van der Waals surface area contributed by atoms with E-state index >= 15 is 0 Å². The van der Waals surface area contributed by atoms with Gasteiger partial charge in [0.1, 0.15) is 22.9 Å². The van der Waals surface area contributed by atoms with Gasteiger partial charge < -0.3 is 14.8 Å². The number of unbranched alkanes of at least 4 members (excludes halogenated alkanes) is 2. The molecule has 5 rings (SSSR count). The number of para-hydroxylation sites is 2. The number of ether oxygens (including phenoxy) is 1. The third kappa shape index (κ3) is 3.50. The number of fused-ring (bicyclic) bond motifs is 4. The van der Waals surface area contributed by atoms with Gasteiger partial charge in [0.2, 0.25) is 0 Å². The molecule has 2 heterocycles. The molecule has 3 aromatic rings. The maximum Gasteiger partial charge on any atom is 0.142 e. The van der Waals surface area contributed by atoms with E-state index in [1.165, 1.54) is 5.57 Å². The van der Waals surface area contributed by atoms with Gasteiger partial charge in [0.15, 0.2) is 0 Å². The van der Waals surface area contributed by atoms with Crippen molar-refractivity contribution in [2.24, 2.45) is 5.92 Å². The second kappa shape index (κ2) is 7.99. The van der Waals surface area contributed by atoms with E-state index in [9.17, 15) is 5.11 Å². The fourth-order valence-electron chi connectivity index (χ4n) is 5.71. The summed E-state index contributed by atoms with van der Waals surface area (Å²) >= 11 is 0. The van der Waals surface area contributed by atoms with E-state index in [1.807, 2.05) is 24.3 Å². The van der Waals surface area contributed by atoms with Gasteiger partial charge in [0, 0.05) is 17.4 Å². The zero-order chi connectivity index (χ0) is 22.5. The number of aryl methyl sites for hydroxylation is 1. The highest BCUT2D eigenvalue weighted by molar-refractivity contribution is 5.83. The normalized spacial score (nSPS) is 21.6. The van der Waals surface area contributed by atoms with Crippen LogP contribution in [-0.4, -0.2) is 20.7 Å². The summed E-state index contributed by atoms with van der Waals surface area (Å²) in [6.07, 6.45) is 8.83. The minimum Gasteiger partial charge on any atom is -0.507 e. The average Bonchev–Trinajstić information content (AvgIpc) is 3.16. The zero-order valence-electron chi connectivity index (χ0n) is 19.7. The number of aromatic nitrogens is 2. The molecular formula is C28H34N2O2. The van der Waals surface area contributed by atoms with Crippen molar-refractivity contribution in [1.29, 1.82) is 0 Å². The van der Waals surface area contributed by atoms with Crippen molar-refractivity contribution < 1.29 is 9.84 Å². The number of hydrogen-bond acceptors (Lipinski definition) is 3. The Labute approximate surface area is 190 Å². The number of rotatable bonds is 5. The third-order valence-electron chi connectivity index (χ3n) is 7.41. The summed E-state index contributed by atoms with van der Waals surface area (Å²) in [6, 6.07) is 10.2. The maximum absolute atomic E-state index is 11.8. The smallest absolute Gasteiger partial charge is 0.142 e. The fourth-order valence-corrected chi connectivity index (χ4v) is 5.71. The lowest BCUT2D eigenvalue weighted by Gasteiger charge is -2.46. The first-order valence-corrected chi connectivity index (χ1v) is 12.1. The van der Waals surface area contributed by atoms with Crippen LogP contribution in [0.5, 0.6) is 11.5 Å². The van der Waals surface area contributed by atoms with Crippen molar-refractivity contribution in [3.05, 3.63) is 53.1 Å². The summed E-state index contributed by atoms with van der Waals surface area (Å²) in [5.41, 5.74) is 5.93. The van der Waals surface area contributed by atoms with E-state index in [2.05, 4.69) is 44.8 Å². The van der Waals surface area contributed by atoms with Gasteiger partial charge in [-0.3, -0.25) is 0 Å². The minimum absolute atomic E-state index is 0.162. The highest BCUT2D eigenvalue weighted by atomic mass is 16.5. The van der Waals surface area contributed by atoms with Crippen LogP contribution in [-0.2, 0) is 6.42 Å². The predicted octanol–water partition coefficient (Wildman–Crippen LogP) is 7.28. The zero-order valence-corrected chi connectivity index (χ0v) is 19.7. The Kier molecular flexibility index (Phi) is 5.27. The summed E-state index contributed by atoms with van der Waals surface area (Å²) in [4.78, 5) is 8.32. The van der Waals surface area contributed by atoms with Crippen LogP contribution in [0.25, 0.3) is 22.4 Å². The van der Waals surface area contributed by atoms with Crippen LogP contribution >= 0.6 is 0 Å². The Morgan fingerprint density at radius 2 is 2.03 bits per heavy atom. The highest BCUT2D eigenvalue weighted by Gasteiger charge is 2.46. The topological polar surface area (TPSA) is 58.1 Å². The van der Waals surface area contributed by atoms with E-state index < -0.39 is 0 Å². The molecule has 1 aliphatic carbocycles. The number of nitrogens with zero attached hydrogens (tertiary/aromatic N) is 1. The van der Waals surface area contributed by atoms with Crippen LogP contribution in [0.4, 0.5) is 0 Å². The molecular weight excluding hydrogens is 396 g/mol. The Morgan fingerprint density at radius 1 is 1.22 bits per heavy atom. The number of nitrogens with one attached hydrogen (secondary N) is 1. The molecule has 0 saturated heterocycles. The number of phenolic OH excluding ortho intramolecular Hbond substituents is 1. The third-order valence-corrected chi connectivity index (χ3v) is 7.41. The monoisotopic (exact) mass is 430 g/mol. The number of aromatic hydroxyl groups is 1. The molecule has 0 amide bonds. The van der Waals surface area contributed by atoms with Gasteiger partial charge in [-0.2, -0.15) is 0 Å². The van der Waals surface area contributed by atoms with E-state index in [1.54, 1.807) is 0 Å². The Hall–Kier alpha value is -2.75. The Balaban J connectivity index is 1.72. The first-order chi connectivity index (χ1) is 15.4. The summed E-state index contributed by atoms with van der Waals surface area (Å²) in [6.45, 7) is 8.81. The van der Waals surface area contributed by atoms with Crippen molar-refractivity contribution in [3.63, 3.8) is 0 Å². The predicted molar refractivity (Wildman–Crippen MR) is 130 cm³/mol. The molecule has 1 aromatic heterocycles. The van der Waals surface area contributed by atoms with Crippen LogP contribution in [0.3, 0.4) is 0 Å². The van der Waals surface area contributed by atoms with Crippen molar-refractivity contribution in [3.8, 4) is 22.9 Å². The molecule has 2 aromatic carbocycles. The lowest BCUT2D eigenvalue weighted by molar-refractivity contribution is 0.0108. The largest absolute Gasteiger partial charge is 0.507 e. The van der Waals surface area contributed by atoms with Gasteiger partial charge in [0.25, 0.3) is 0 Å². The lowest BCUT2D eigenvalue weighted by atomic mass is 9.67. The van der Waals surface area contributed by atoms with Crippen molar-refractivity contribution in [1.82, 2.24) is 9.97 Å². The number of aromatic amines is 1. The molecule has 0 spiro atoms. The summed E-state index contributed by atoms with van der Waals surface area (Å²) in [7, 11) is 0. The summed E-state index contributed by atoms with van der Waals surface area (Å²) in [5.74, 6) is 2.43. The van der Waals surface area contributed by atoms with Crippen molar-refractivity contribution >= 4 is 11.0 Å². The molecule has 4 nitrogen and oxygen atoms in total. The molecule has 2 atom stereocenters. The molecule has 168 valence electrons. The highest BCUT2D eigenvalue weighted by Crippen LogP contribution is 2.55. The van der Waals surface area contributed by atoms with Crippen LogP contribution in [0, 0.1) is 5.92 Å². The van der Waals surface area contributed by atoms with Crippen LogP contribution < -0.4 is 4.74 Å². The van der Waals surface area contributed by atoms with Crippen LogP contribution in [0.1, 0.15) is 76.8 Å². The quantitative estimate of drug-likeness (QED) is 0.330. The minimum atomic E-state index is -0.261. The molecule has 0 saturated carbocycles. The standard InChI is InChI=1S/C28H34N2O2/c1-5-6-7-10-18-16-23-25(19-15-17(2)13-14-20(19)28(3,4)32-23)26(31)24(18)27-29-21-11-8-9-12-22(21)30-27/h8-9,11-12,15-16,19-20,31H,5-7,10,13-14H2,1-4H3,(H,29,30).